The van der Waals surface area contributed by atoms with Crippen LogP contribution in [-0.2, 0) is 6.42 Å². The number of anilines is 2. The molecule has 3 heterocycles. The second kappa shape index (κ2) is 10.8. The third kappa shape index (κ3) is 4.56. The highest BCUT2D eigenvalue weighted by atomic mass is 19.1. The van der Waals surface area contributed by atoms with Crippen LogP contribution in [0.5, 0.6) is 5.75 Å². The maximum Gasteiger partial charge on any atom is 0.239 e. The first kappa shape index (κ1) is 27.7. The van der Waals surface area contributed by atoms with Crippen LogP contribution in [0.25, 0.3) is 37.5 Å². The average Bonchev–Trinajstić information content (AvgIpc) is 3.27. The van der Waals surface area contributed by atoms with E-state index in [0.29, 0.717) is 65.8 Å². The van der Waals surface area contributed by atoms with E-state index in [2.05, 4.69) is 27.6 Å². The molecule has 0 radical (unpaired) electrons. The Morgan fingerprint density at radius 1 is 1.17 bits per heavy atom. The number of aromatic hydroxyl groups is 1. The van der Waals surface area contributed by atoms with E-state index in [4.69, 9.17) is 17.3 Å². The summed E-state index contributed by atoms with van der Waals surface area (Å²) >= 11 is 0. The van der Waals surface area contributed by atoms with Gasteiger partial charge in [0.05, 0.1) is 12.6 Å². The highest BCUT2D eigenvalue weighted by Gasteiger charge is 2.36. The highest BCUT2D eigenvalue weighted by Crippen LogP contribution is 2.48. The van der Waals surface area contributed by atoms with Crippen molar-refractivity contribution in [1.29, 1.82) is 5.26 Å². The number of likely N-dealkylation sites (N-methyl/N-ethyl adjacent to an activating group) is 1. The molecule has 214 valence electrons. The summed E-state index contributed by atoms with van der Waals surface area (Å²) in [5.74, 6) is 0.582. The van der Waals surface area contributed by atoms with E-state index in [1.165, 1.54) is 0 Å². The predicted molar refractivity (Wildman–Crippen MR) is 166 cm³/mol. The number of hydrogen-bond donors (Lipinski definition) is 2. The molecule has 0 aliphatic carbocycles. The van der Waals surface area contributed by atoms with Crippen molar-refractivity contribution >= 4 is 38.9 Å². The zero-order chi connectivity index (χ0) is 29.7. The molecule has 9 heteroatoms. The van der Waals surface area contributed by atoms with Crippen molar-refractivity contribution < 1.29 is 9.50 Å². The molecular weight excluding hydrogens is 529 g/mol. The van der Waals surface area contributed by atoms with Gasteiger partial charge in [0.2, 0.25) is 5.69 Å². The molecule has 0 amide bonds. The summed E-state index contributed by atoms with van der Waals surface area (Å²) in [5, 5.41) is 22.5. The average molecular weight is 564 g/mol. The molecule has 42 heavy (non-hydrogen) atoms. The van der Waals surface area contributed by atoms with E-state index in [1.807, 2.05) is 49.3 Å². The first-order chi connectivity index (χ1) is 20.2. The quantitative estimate of drug-likeness (QED) is 0.296. The molecule has 2 aliphatic heterocycles. The molecule has 2 fully saturated rings. The molecule has 0 saturated carbocycles. The Hall–Kier alpha value is -4.44. The lowest BCUT2D eigenvalue weighted by molar-refractivity contribution is 0.246. The van der Waals surface area contributed by atoms with E-state index in [1.54, 1.807) is 12.1 Å². The van der Waals surface area contributed by atoms with Gasteiger partial charge in [0, 0.05) is 60.5 Å². The number of fused-ring (bicyclic) bond motifs is 2. The van der Waals surface area contributed by atoms with Crippen molar-refractivity contribution in [2.45, 2.75) is 44.3 Å². The van der Waals surface area contributed by atoms with E-state index < -0.39 is 5.82 Å². The van der Waals surface area contributed by atoms with Crippen LogP contribution >= 0.6 is 0 Å². The number of halogens is 1. The number of hydrogen-bond acceptors (Lipinski definition) is 7. The Bertz CT molecular complexity index is 1780. The number of nitrogens with zero attached hydrogens (tertiary/aromatic N) is 6. The number of pyridine rings is 1. The van der Waals surface area contributed by atoms with Gasteiger partial charge in [-0.3, -0.25) is 0 Å². The number of aryl methyl sites for hydroxylation is 1. The fraction of sp³-hybridized carbons (Fsp3) is 0.364. The topological polar surface area (TPSA) is 97.0 Å². The van der Waals surface area contributed by atoms with Gasteiger partial charge in [-0.25, -0.2) is 14.2 Å². The van der Waals surface area contributed by atoms with E-state index >= 15 is 4.39 Å². The van der Waals surface area contributed by atoms with Crippen LogP contribution < -0.4 is 15.5 Å². The number of nitriles is 1. The molecule has 2 aliphatic rings. The molecule has 1 aromatic heterocycles. The van der Waals surface area contributed by atoms with Gasteiger partial charge >= 0.3 is 0 Å². The fourth-order valence-corrected chi connectivity index (χ4v) is 6.48. The van der Waals surface area contributed by atoms with Crippen molar-refractivity contribution in [2.24, 2.45) is 5.73 Å². The smallest absolute Gasteiger partial charge is 0.239 e. The maximum atomic E-state index is 17.4. The molecule has 6 rings (SSSR count). The molecule has 3 N–H and O–H groups in total. The second-order valence-electron chi connectivity index (χ2n) is 11.8. The third-order valence-corrected chi connectivity index (χ3v) is 8.75. The standard InChI is InChI=1S/C33H34FN7O/c1-19-12-22(36)16-41(19)32-27-14-21(9-7-11-35)28(26-15-24(42)13-20-8-5-6-10-25(20)26)30(34)29(27)31(37-2)33(38-32)40-17-23(18-40)39(3)4/h5-6,8,10,13-15,19,22-23,42H,7,9,12,16-18,36H2,1,3-4H3/t19-,22+/m1/s1. The molecule has 2 saturated heterocycles. The summed E-state index contributed by atoms with van der Waals surface area (Å²) in [6.45, 7) is 12.3. The molecule has 3 aromatic carbocycles. The Morgan fingerprint density at radius 3 is 2.60 bits per heavy atom. The van der Waals surface area contributed by atoms with E-state index in [9.17, 15) is 10.4 Å². The number of phenols is 1. The van der Waals surface area contributed by atoms with Crippen LogP contribution in [0.15, 0.2) is 42.5 Å². The molecule has 0 spiro atoms. The molecular formula is C33H34FN7O. The summed E-state index contributed by atoms with van der Waals surface area (Å²) in [7, 11) is 4.05. The van der Waals surface area contributed by atoms with Crippen molar-refractivity contribution in [3.63, 3.8) is 0 Å². The van der Waals surface area contributed by atoms with Gasteiger partial charge in [-0.05, 0) is 74.0 Å². The summed E-state index contributed by atoms with van der Waals surface area (Å²) < 4.78 is 17.4. The van der Waals surface area contributed by atoms with Crippen molar-refractivity contribution in [2.75, 3.05) is 43.5 Å². The van der Waals surface area contributed by atoms with Crippen molar-refractivity contribution in [3.05, 3.63) is 65.3 Å². The van der Waals surface area contributed by atoms with Crippen LogP contribution in [0.4, 0.5) is 21.7 Å². The van der Waals surface area contributed by atoms with Gasteiger partial charge < -0.3 is 25.5 Å². The van der Waals surface area contributed by atoms with Gasteiger partial charge in [-0.15, -0.1) is 0 Å². The summed E-state index contributed by atoms with van der Waals surface area (Å²) in [6, 6.07) is 15.2. The minimum atomic E-state index is -0.534. The first-order valence-corrected chi connectivity index (χ1v) is 14.3. The van der Waals surface area contributed by atoms with Gasteiger partial charge in [-0.1, -0.05) is 24.3 Å². The largest absolute Gasteiger partial charge is 0.508 e. The SMILES string of the molecule is [C-]#[N+]c1c(N2CC(N(C)C)C2)nc(N2C[C@@H](N)C[C@H]2C)c2cc(CCC#N)c(-c3cc(O)cc4ccccc34)c(F)c12. The molecule has 8 nitrogen and oxygen atoms in total. The van der Waals surface area contributed by atoms with Crippen LogP contribution in [0.3, 0.4) is 0 Å². The van der Waals surface area contributed by atoms with Gasteiger partial charge in [-0.2, -0.15) is 5.26 Å². The number of nitrogens with two attached hydrogens (primary N) is 1. The van der Waals surface area contributed by atoms with Crippen molar-refractivity contribution in [3.8, 4) is 22.9 Å². The van der Waals surface area contributed by atoms with Crippen LogP contribution in [-0.4, -0.2) is 66.8 Å². The predicted octanol–water partition coefficient (Wildman–Crippen LogP) is 5.58. The molecule has 0 bridgehead atoms. The zero-order valence-corrected chi connectivity index (χ0v) is 24.1. The summed E-state index contributed by atoms with van der Waals surface area (Å²) in [4.78, 5) is 15.3. The first-order valence-electron chi connectivity index (χ1n) is 14.3. The number of rotatable bonds is 6. The Balaban J connectivity index is 1.69. The molecule has 0 unspecified atom stereocenters. The molecule has 2 atom stereocenters. The van der Waals surface area contributed by atoms with Crippen LogP contribution in [0, 0.1) is 23.7 Å². The Morgan fingerprint density at radius 2 is 1.93 bits per heavy atom. The zero-order valence-electron chi connectivity index (χ0n) is 24.1. The lowest BCUT2D eigenvalue weighted by Gasteiger charge is -2.44. The highest BCUT2D eigenvalue weighted by molar-refractivity contribution is 6.10. The van der Waals surface area contributed by atoms with Crippen LogP contribution in [0.1, 0.15) is 25.3 Å². The summed E-state index contributed by atoms with van der Waals surface area (Å²) in [6.07, 6.45) is 1.28. The third-order valence-electron chi connectivity index (χ3n) is 8.75. The summed E-state index contributed by atoms with van der Waals surface area (Å²) in [5.41, 5.74) is 8.01. The number of benzene rings is 3. The minimum Gasteiger partial charge on any atom is -0.508 e. The maximum absolute atomic E-state index is 17.4. The number of aromatic nitrogens is 1. The second-order valence-corrected chi connectivity index (χ2v) is 11.8. The molecule has 4 aromatic rings. The Kier molecular flexibility index (Phi) is 7.10. The Labute approximate surface area is 245 Å². The van der Waals surface area contributed by atoms with E-state index in [0.717, 1.165) is 17.2 Å². The van der Waals surface area contributed by atoms with Gasteiger partial charge in [0.1, 0.15) is 23.2 Å². The monoisotopic (exact) mass is 563 g/mol. The van der Waals surface area contributed by atoms with Gasteiger partial charge in [0.15, 0.2) is 0 Å². The normalized spacial score (nSPS) is 19.0. The van der Waals surface area contributed by atoms with Crippen LogP contribution in [0.2, 0.25) is 0 Å². The van der Waals surface area contributed by atoms with Gasteiger partial charge in [0.25, 0.3) is 0 Å². The lowest BCUT2D eigenvalue weighted by atomic mass is 9.89. The number of phenolic OH excluding ortho intramolecular Hbond substituents is 1. The fourth-order valence-electron chi connectivity index (χ4n) is 6.48. The lowest BCUT2D eigenvalue weighted by Crippen LogP contribution is -2.57. The van der Waals surface area contributed by atoms with E-state index in [-0.39, 0.29) is 35.3 Å². The minimum absolute atomic E-state index is 0.0196. The van der Waals surface area contributed by atoms with Crippen molar-refractivity contribution in [1.82, 2.24) is 9.88 Å².